The lowest BCUT2D eigenvalue weighted by molar-refractivity contribution is -0.119. The van der Waals surface area contributed by atoms with Gasteiger partial charge < -0.3 is 14.8 Å². The molecule has 33 heavy (non-hydrogen) atoms. The van der Waals surface area contributed by atoms with Crippen molar-refractivity contribution in [3.05, 3.63) is 52.8 Å². The van der Waals surface area contributed by atoms with E-state index in [0.29, 0.717) is 33.2 Å². The van der Waals surface area contributed by atoms with Gasteiger partial charge in [-0.2, -0.15) is 5.26 Å². The Balaban J connectivity index is 1.71. The normalized spacial score (nSPS) is 14.8. The summed E-state index contributed by atoms with van der Waals surface area (Å²) in [6.07, 6.45) is 1.87. The number of methoxy groups -OCH3 is 2. The van der Waals surface area contributed by atoms with Crippen LogP contribution in [-0.2, 0) is 4.79 Å². The highest BCUT2D eigenvalue weighted by Crippen LogP contribution is 2.39. The molecule has 8 nitrogen and oxygen atoms in total. The summed E-state index contributed by atoms with van der Waals surface area (Å²) in [5, 5.41) is 13.2. The Morgan fingerprint density at radius 3 is 2.64 bits per heavy atom. The Kier molecular flexibility index (Phi) is 6.29. The number of fused-ring (bicyclic) bond motifs is 1. The molecule has 1 unspecified atom stereocenters. The summed E-state index contributed by atoms with van der Waals surface area (Å²) in [6, 6.07) is 14.4. The highest BCUT2D eigenvalue weighted by atomic mass is 32.2. The standard InChI is InChI=1S/C24H24N4O4S/c1-24(14-25,15-8-9-15)27-21(29)13-33-23-26-18-7-5-4-6-17(18)22(30)28(23)16-10-11-19(31-2)20(12-16)32-3/h4-7,10-12,15H,8-9,13H2,1-3H3,(H,27,29). The zero-order valence-corrected chi connectivity index (χ0v) is 19.4. The minimum atomic E-state index is -0.878. The molecule has 0 saturated heterocycles. The van der Waals surface area contributed by atoms with Crippen LogP contribution in [0.3, 0.4) is 0 Å². The Morgan fingerprint density at radius 1 is 1.24 bits per heavy atom. The molecule has 2 aromatic carbocycles. The first-order chi connectivity index (χ1) is 15.9. The van der Waals surface area contributed by atoms with E-state index in [2.05, 4.69) is 16.4 Å². The lowest BCUT2D eigenvalue weighted by Gasteiger charge is -2.22. The van der Waals surface area contributed by atoms with Crippen LogP contribution in [0.4, 0.5) is 0 Å². The first-order valence-corrected chi connectivity index (χ1v) is 11.5. The molecule has 1 atom stereocenters. The van der Waals surface area contributed by atoms with Crippen molar-refractivity contribution in [3.63, 3.8) is 0 Å². The number of para-hydroxylation sites is 1. The lowest BCUT2D eigenvalue weighted by atomic mass is 9.98. The molecular formula is C24H24N4O4S. The second-order valence-corrected chi connectivity index (χ2v) is 8.96. The van der Waals surface area contributed by atoms with Crippen LogP contribution in [0.5, 0.6) is 11.5 Å². The molecule has 9 heteroatoms. The van der Waals surface area contributed by atoms with Crippen LogP contribution in [0.1, 0.15) is 19.8 Å². The van der Waals surface area contributed by atoms with Gasteiger partial charge >= 0.3 is 0 Å². The van der Waals surface area contributed by atoms with Crippen LogP contribution < -0.4 is 20.3 Å². The van der Waals surface area contributed by atoms with Gasteiger partial charge in [-0.3, -0.25) is 14.2 Å². The SMILES string of the molecule is COc1ccc(-n2c(SCC(=O)NC(C)(C#N)C3CC3)nc3ccccc3c2=O)cc1OC. The number of benzene rings is 2. The van der Waals surface area contributed by atoms with Gasteiger partial charge in [0.2, 0.25) is 5.91 Å². The second kappa shape index (κ2) is 9.16. The molecule has 1 heterocycles. The van der Waals surface area contributed by atoms with Crippen LogP contribution in [-0.4, -0.2) is 41.0 Å². The van der Waals surface area contributed by atoms with E-state index < -0.39 is 5.54 Å². The van der Waals surface area contributed by atoms with Crippen molar-refractivity contribution in [2.24, 2.45) is 5.92 Å². The molecule has 0 bridgehead atoms. The third-order valence-corrected chi connectivity index (χ3v) is 6.67. The van der Waals surface area contributed by atoms with E-state index in [-0.39, 0.29) is 23.1 Å². The zero-order chi connectivity index (χ0) is 23.6. The van der Waals surface area contributed by atoms with E-state index in [1.807, 2.05) is 6.07 Å². The van der Waals surface area contributed by atoms with Gasteiger partial charge in [-0.15, -0.1) is 0 Å². The van der Waals surface area contributed by atoms with E-state index in [1.165, 1.54) is 18.8 Å². The average molecular weight is 465 g/mol. The molecule has 1 aliphatic rings. The van der Waals surface area contributed by atoms with E-state index in [0.717, 1.165) is 24.6 Å². The van der Waals surface area contributed by atoms with Gasteiger partial charge in [0.05, 0.1) is 42.6 Å². The Bertz CT molecular complexity index is 1310. The highest BCUT2D eigenvalue weighted by molar-refractivity contribution is 7.99. The molecule has 170 valence electrons. The lowest BCUT2D eigenvalue weighted by Crippen LogP contribution is -2.47. The molecule has 1 N–H and O–H groups in total. The van der Waals surface area contributed by atoms with Gasteiger partial charge in [0.15, 0.2) is 16.7 Å². The first kappa shape index (κ1) is 22.7. The van der Waals surface area contributed by atoms with Crippen molar-refractivity contribution in [1.82, 2.24) is 14.9 Å². The summed E-state index contributed by atoms with van der Waals surface area (Å²) in [4.78, 5) is 30.7. The van der Waals surface area contributed by atoms with Crippen LogP contribution in [0, 0.1) is 17.2 Å². The molecular weight excluding hydrogens is 440 g/mol. The van der Waals surface area contributed by atoms with Gasteiger partial charge in [0.1, 0.15) is 5.54 Å². The van der Waals surface area contributed by atoms with E-state index >= 15 is 0 Å². The van der Waals surface area contributed by atoms with Crippen LogP contribution in [0.15, 0.2) is 52.4 Å². The van der Waals surface area contributed by atoms with E-state index in [9.17, 15) is 14.9 Å². The predicted octanol–water partition coefficient (Wildman–Crippen LogP) is 3.30. The number of hydrogen-bond donors (Lipinski definition) is 1. The van der Waals surface area contributed by atoms with Crippen molar-refractivity contribution < 1.29 is 14.3 Å². The number of aromatic nitrogens is 2. The molecule has 0 spiro atoms. The number of nitrogens with one attached hydrogen (secondary N) is 1. The fraction of sp³-hybridized carbons (Fsp3) is 0.333. The molecule has 1 amide bonds. The van der Waals surface area contributed by atoms with Gasteiger partial charge in [0.25, 0.3) is 5.56 Å². The predicted molar refractivity (Wildman–Crippen MR) is 126 cm³/mol. The Morgan fingerprint density at radius 2 is 1.97 bits per heavy atom. The monoisotopic (exact) mass is 464 g/mol. The number of carbonyl (C=O) groups is 1. The fourth-order valence-electron chi connectivity index (χ4n) is 3.74. The Labute approximate surface area is 195 Å². The van der Waals surface area contributed by atoms with Crippen LogP contribution >= 0.6 is 11.8 Å². The van der Waals surface area contributed by atoms with Crippen molar-refractivity contribution in [3.8, 4) is 23.3 Å². The summed E-state index contributed by atoms with van der Waals surface area (Å²) >= 11 is 1.14. The molecule has 0 aliphatic heterocycles. The van der Waals surface area contributed by atoms with Gasteiger partial charge in [-0.25, -0.2) is 4.98 Å². The largest absolute Gasteiger partial charge is 0.493 e. The number of thioether (sulfide) groups is 1. The maximum atomic E-state index is 13.4. The summed E-state index contributed by atoms with van der Waals surface area (Å²) in [5.74, 6) is 0.921. The zero-order valence-electron chi connectivity index (χ0n) is 18.6. The highest BCUT2D eigenvalue weighted by Gasteiger charge is 2.43. The van der Waals surface area contributed by atoms with Crippen molar-refractivity contribution in [2.45, 2.75) is 30.5 Å². The number of nitriles is 1. The maximum Gasteiger partial charge on any atom is 0.266 e. The number of nitrogens with zero attached hydrogens (tertiary/aromatic N) is 3. The summed E-state index contributed by atoms with van der Waals surface area (Å²) in [5.41, 5.74) is -0.0477. The van der Waals surface area contributed by atoms with Gasteiger partial charge in [0, 0.05) is 6.07 Å². The molecule has 0 radical (unpaired) electrons. The van der Waals surface area contributed by atoms with Gasteiger partial charge in [-0.1, -0.05) is 23.9 Å². The molecule has 4 rings (SSSR count). The van der Waals surface area contributed by atoms with Crippen molar-refractivity contribution in [2.75, 3.05) is 20.0 Å². The number of rotatable bonds is 8. The number of amides is 1. The number of ether oxygens (including phenoxy) is 2. The first-order valence-electron chi connectivity index (χ1n) is 10.5. The minimum absolute atomic E-state index is 0.0159. The minimum Gasteiger partial charge on any atom is -0.493 e. The molecule has 1 fully saturated rings. The quantitative estimate of drug-likeness (QED) is 0.403. The number of hydrogen-bond acceptors (Lipinski definition) is 7. The summed E-state index contributed by atoms with van der Waals surface area (Å²) < 4.78 is 12.2. The molecule has 1 aliphatic carbocycles. The van der Waals surface area contributed by atoms with Gasteiger partial charge in [-0.05, 0) is 49.9 Å². The topological polar surface area (TPSA) is 106 Å². The molecule has 3 aromatic rings. The van der Waals surface area contributed by atoms with E-state index in [4.69, 9.17) is 9.47 Å². The third kappa shape index (κ3) is 4.52. The third-order valence-electron chi connectivity index (χ3n) is 5.73. The van der Waals surface area contributed by atoms with Crippen LogP contribution in [0.2, 0.25) is 0 Å². The van der Waals surface area contributed by atoms with E-state index in [1.54, 1.807) is 43.3 Å². The van der Waals surface area contributed by atoms with Crippen molar-refractivity contribution >= 4 is 28.6 Å². The van der Waals surface area contributed by atoms with Crippen molar-refractivity contribution in [1.29, 1.82) is 5.26 Å². The molecule has 1 aromatic heterocycles. The number of carbonyl (C=O) groups excluding carboxylic acids is 1. The smallest absolute Gasteiger partial charge is 0.266 e. The Hall–Kier alpha value is -3.51. The molecule has 1 saturated carbocycles. The second-order valence-electron chi connectivity index (χ2n) is 8.02. The summed E-state index contributed by atoms with van der Waals surface area (Å²) in [7, 11) is 3.06. The summed E-state index contributed by atoms with van der Waals surface area (Å²) in [6.45, 7) is 1.75. The maximum absolute atomic E-state index is 13.4. The fourth-order valence-corrected chi connectivity index (χ4v) is 4.55. The average Bonchev–Trinajstić information content (AvgIpc) is 3.68. The van der Waals surface area contributed by atoms with Crippen LogP contribution in [0.25, 0.3) is 16.6 Å².